The fourth-order valence-electron chi connectivity index (χ4n) is 3.44. The first-order chi connectivity index (χ1) is 14.4. The zero-order chi connectivity index (χ0) is 21.3. The van der Waals surface area contributed by atoms with Crippen LogP contribution >= 0.6 is 0 Å². The van der Waals surface area contributed by atoms with Crippen LogP contribution < -0.4 is 32.4 Å². The number of ether oxygens (including phenoxy) is 2. The van der Waals surface area contributed by atoms with Gasteiger partial charge < -0.3 is 32.4 Å². The monoisotopic (exact) mass is 402 g/mol. The van der Waals surface area contributed by atoms with Gasteiger partial charge in [-0.2, -0.15) is 0 Å². The van der Waals surface area contributed by atoms with Gasteiger partial charge in [0, 0.05) is 29.7 Å². The average molecular weight is 402 g/mol. The Morgan fingerprint density at radius 1 is 0.833 bits per heavy atom. The molecule has 4 rings (SSSR count). The van der Waals surface area contributed by atoms with Crippen molar-refractivity contribution in [1.29, 1.82) is 0 Å². The summed E-state index contributed by atoms with van der Waals surface area (Å²) in [6.45, 7) is 0. The third kappa shape index (κ3) is 3.37. The van der Waals surface area contributed by atoms with E-state index in [-0.39, 0.29) is 0 Å². The molecule has 0 aromatic heterocycles. The maximum Gasteiger partial charge on any atom is 0.193 e. The maximum atomic E-state index is 12.3. The van der Waals surface area contributed by atoms with E-state index in [9.17, 15) is 4.79 Å². The number of anilines is 4. The second kappa shape index (κ2) is 7.36. The zero-order valence-electron chi connectivity index (χ0n) is 16.2. The molecule has 0 bridgehead atoms. The highest BCUT2D eigenvalue weighted by Crippen LogP contribution is 2.42. The molecule has 7 heteroatoms. The summed E-state index contributed by atoms with van der Waals surface area (Å²) in [6.07, 6.45) is 4.95. The number of nitrogen functional groups attached to an aromatic ring is 4. The van der Waals surface area contributed by atoms with E-state index in [0.717, 1.165) is 11.8 Å². The van der Waals surface area contributed by atoms with Crippen molar-refractivity contribution < 1.29 is 14.3 Å². The van der Waals surface area contributed by atoms with Crippen molar-refractivity contribution in [2.24, 2.45) is 0 Å². The Labute approximate surface area is 173 Å². The van der Waals surface area contributed by atoms with Crippen molar-refractivity contribution in [3.05, 3.63) is 71.8 Å². The fraction of sp³-hybridized carbons (Fsp3) is 0.0870. The van der Waals surface area contributed by atoms with Crippen LogP contribution in [0.3, 0.4) is 0 Å². The molecular weight excluding hydrogens is 380 g/mol. The van der Waals surface area contributed by atoms with E-state index in [1.165, 1.54) is 0 Å². The minimum absolute atomic E-state index is 0.367. The van der Waals surface area contributed by atoms with Gasteiger partial charge in [-0.1, -0.05) is 24.3 Å². The molecule has 152 valence electrons. The molecule has 0 spiro atoms. The molecule has 0 fully saturated rings. The van der Waals surface area contributed by atoms with Crippen molar-refractivity contribution in [3.8, 4) is 17.2 Å². The summed E-state index contributed by atoms with van der Waals surface area (Å²) in [5, 5.41) is 0. The number of benzene rings is 3. The van der Waals surface area contributed by atoms with Gasteiger partial charge in [0.1, 0.15) is 17.2 Å². The Morgan fingerprint density at radius 3 is 2.17 bits per heavy atom. The molecule has 0 radical (unpaired) electrons. The van der Waals surface area contributed by atoms with Gasteiger partial charge in [-0.3, -0.25) is 4.79 Å². The van der Waals surface area contributed by atoms with Crippen LogP contribution in [-0.4, -0.2) is 6.29 Å². The van der Waals surface area contributed by atoms with E-state index < -0.39 is 5.60 Å². The predicted octanol–water partition coefficient (Wildman–Crippen LogP) is 3.70. The minimum atomic E-state index is -1.22. The summed E-state index contributed by atoms with van der Waals surface area (Å²) >= 11 is 0. The molecule has 0 heterocycles. The predicted molar refractivity (Wildman–Crippen MR) is 119 cm³/mol. The van der Waals surface area contributed by atoms with Crippen LogP contribution in [0.25, 0.3) is 6.08 Å². The van der Waals surface area contributed by atoms with Crippen LogP contribution in [0.4, 0.5) is 22.7 Å². The lowest BCUT2D eigenvalue weighted by Gasteiger charge is -2.33. The Kier molecular flexibility index (Phi) is 4.71. The zero-order valence-corrected chi connectivity index (χ0v) is 16.2. The first kappa shape index (κ1) is 19.2. The number of carbonyl (C=O) groups is 1. The Hall–Kier alpha value is -4.13. The van der Waals surface area contributed by atoms with Crippen molar-refractivity contribution in [3.63, 3.8) is 0 Å². The van der Waals surface area contributed by atoms with E-state index in [1.807, 2.05) is 30.4 Å². The quantitative estimate of drug-likeness (QED) is 0.377. The number of fused-ring (bicyclic) bond motifs is 1. The van der Waals surface area contributed by atoms with Gasteiger partial charge in [0.25, 0.3) is 0 Å². The molecule has 0 saturated heterocycles. The van der Waals surface area contributed by atoms with Crippen molar-refractivity contribution >= 4 is 35.1 Å². The molecule has 1 aliphatic carbocycles. The summed E-state index contributed by atoms with van der Waals surface area (Å²) in [5.41, 5.74) is 25.3. The van der Waals surface area contributed by atoms with E-state index in [0.29, 0.717) is 52.0 Å². The van der Waals surface area contributed by atoms with Crippen LogP contribution in [0.15, 0.2) is 60.7 Å². The molecule has 3 aromatic rings. The summed E-state index contributed by atoms with van der Waals surface area (Å²) < 4.78 is 12.2. The molecule has 1 unspecified atom stereocenters. The second-order valence-electron chi connectivity index (χ2n) is 7.12. The van der Waals surface area contributed by atoms with Crippen LogP contribution in [-0.2, 0) is 10.4 Å². The third-order valence-electron chi connectivity index (χ3n) is 5.06. The minimum Gasteiger partial charge on any atom is -0.475 e. The number of aldehydes is 1. The van der Waals surface area contributed by atoms with Crippen LogP contribution in [0.2, 0.25) is 0 Å². The van der Waals surface area contributed by atoms with E-state index in [2.05, 4.69) is 0 Å². The van der Waals surface area contributed by atoms with E-state index in [4.69, 9.17) is 32.4 Å². The molecule has 0 aliphatic heterocycles. The first-order valence-electron chi connectivity index (χ1n) is 9.35. The van der Waals surface area contributed by atoms with E-state index >= 15 is 0 Å². The summed E-state index contributed by atoms with van der Waals surface area (Å²) in [7, 11) is 0. The van der Waals surface area contributed by atoms with Crippen molar-refractivity contribution in [2.45, 2.75) is 12.0 Å². The molecule has 1 atom stereocenters. The summed E-state index contributed by atoms with van der Waals surface area (Å²) in [6, 6.07) is 15.5. The smallest absolute Gasteiger partial charge is 0.193 e. The Bertz CT molecular complexity index is 1160. The first-order valence-corrected chi connectivity index (χ1v) is 9.35. The summed E-state index contributed by atoms with van der Waals surface area (Å²) in [4.78, 5) is 12.3. The highest BCUT2D eigenvalue weighted by Gasteiger charge is 2.38. The second-order valence-corrected chi connectivity index (χ2v) is 7.12. The number of hydrogen-bond acceptors (Lipinski definition) is 7. The van der Waals surface area contributed by atoms with Crippen molar-refractivity contribution in [2.75, 3.05) is 22.9 Å². The largest absolute Gasteiger partial charge is 0.475 e. The molecule has 3 aromatic carbocycles. The lowest BCUT2D eigenvalue weighted by molar-refractivity contribution is -0.122. The SMILES string of the molecule is Nc1ccc(Oc2cccc3c2C=CCC3(C=O)Oc2ccc(N)c(N)c2)cc1N. The van der Waals surface area contributed by atoms with Crippen LogP contribution in [0.5, 0.6) is 17.2 Å². The van der Waals surface area contributed by atoms with Gasteiger partial charge in [-0.05, 0) is 30.3 Å². The number of hydrogen-bond donors (Lipinski definition) is 4. The van der Waals surface area contributed by atoms with Gasteiger partial charge in [-0.25, -0.2) is 0 Å². The lowest BCUT2D eigenvalue weighted by atomic mass is 9.83. The van der Waals surface area contributed by atoms with Crippen LogP contribution in [0.1, 0.15) is 17.5 Å². The fourth-order valence-corrected chi connectivity index (χ4v) is 3.44. The standard InChI is InChI=1S/C23H22N4O3/c24-18-8-6-14(11-20(18)26)29-22-5-1-4-17-16(22)3-2-10-23(17,13-28)30-15-7-9-19(25)21(27)12-15/h1-9,11-13H,10,24-27H2. The average Bonchev–Trinajstić information content (AvgIpc) is 2.74. The number of nitrogens with two attached hydrogens (primary N) is 4. The van der Waals surface area contributed by atoms with Gasteiger partial charge in [0.15, 0.2) is 11.9 Å². The number of rotatable bonds is 5. The van der Waals surface area contributed by atoms with Crippen molar-refractivity contribution in [1.82, 2.24) is 0 Å². The Balaban J connectivity index is 1.73. The molecule has 30 heavy (non-hydrogen) atoms. The number of carbonyl (C=O) groups excluding carboxylic acids is 1. The van der Waals surface area contributed by atoms with Crippen LogP contribution in [0, 0.1) is 0 Å². The third-order valence-corrected chi connectivity index (χ3v) is 5.06. The molecule has 0 amide bonds. The summed E-state index contributed by atoms with van der Waals surface area (Å²) in [5.74, 6) is 1.56. The van der Waals surface area contributed by atoms with Gasteiger partial charge >= 0.3 is 0 Å². The molecular formula is C23H22N4O3. The van der Waals surface area contributed by atoms with Gasteiger partial charge in [-0.15, -0.1) is 0 Å². The van der Waals surface area contributed by atoms with Gasteiger partial charge in [0.2, 0.25) is 0 Å². The Morgan fingerprint density at radius 2 is 1.50 bits per heavy atom. The maximum absolute atomic E-state index is 12.3. The molecule has 7 nitrogen and oxygen atoms in total. The molecule has 8 N–H and O–H groups in total. The highest BCUT2D eigenvalue weighted by atomic mass is 16.5. The lowest BCUT2D eigenvalue weighted by Crippen LogP contribution is -2.36. The van der Waals surface area contributed by atoms with Gasteiger partial charge in [0.05, 0.1) is 22.7 Å². The molecule has 1 aliphatic rings. The molecule has 0 saturated carbocycles. The topological polar surface area (TPSA) is 140 Å². The normalized spacial score (nSPS) is 17.2. The highest BCUT2D eigenvalue weighted by molar-refractivity contribution is 5.77. The van der Waals surface area contributed by atoms with E-state index in [1.54, 1.807) is 36.4 Å².